The largest absolute Gasteiger partial charge is 0.481 e. The second-order valence-corrected chi connectivity index (χ2v) is 17.8. The van der Waals surface area contributed by atoms with Gasteiger partial charge in [-0.05, 0) is 46.0 Å². The second-order valence-electron chi connectivity index (χ2n) is 17.8. The van der Waals surface area contributed by atoms with Crippen molar-refractivity contribution >= 4 is 11.9 Å². The summed E-state index contributed by atoms with van der Waals surface area (Å²) in [4.78, 5) is 25.1. The highest BCUT2D eigenvalue weighted by molar-refractivity contribution is 5.71. The molecule has 0 aromatic carbocycles. The maximum atomic E-state index is 12.6. The van der Waals surface area contributed by atoms with Crippen molar-refractivity contribution in [3.63, 3.8) is 0 Å². The zero-order valence-electron chi connectivity index (χ0n) is 37.8. The number of carbonyl (C=O) groups is 2. The first-order valence-corrected chi connectivity index (χ1v) is 22.6. The Kier molecular flexibility index (Phi) is 23.8. The number of carbonyl (C=O) groups excluding carboxylic acids is 1. The molecule has 18 heteroatoms. The van der Waals surface area contributed by atoms with Gasteiger partial charge < -0.3 is 80.9 Å². The van der Waals surface area contributed by atoms with Crippen molar-refractivity contribution in [1.29, 1.82) is 0 Å². The van der Waals surface area contributed by atoms with Crippen LogP contribution >= 0.6 is 0 Å². The number of cyclic esters (lactones) is 1. The molecule has 3 aliphatic rings. The van der Waals surface area contributed by atoms with E-state index in [1.165, 1.54) is 13.0 Å². The number of rotatable bonds is 3. The average Bonchev–Trinajstić information content (AvgIpc) is 3.21. The van der Waals surface area contributed by atoms with Crippen molar-refractivity contribution < 1.29 is 84.7 Å². The van der Waals surface area contributed by atoms with E-state index in [0.29, 0.717) is 0 Å². The van der Waals surface area contributed by atoms with Gasteiger partial charge in [0.2, 0.25) is 0 Å². The van der Waals surface area contributed by atoms with Gasteiger partial charge in [-0.2, -0.15) is 0 Å². The number of hydrogen-bond acceptors (Lipinski definition) is 17. The molecule has 2 fully saturated rings. The van der Waals surface area contributed by atoms with Crippen LogP contribution in [0.25, 0.3) is 0 Å². The lowest BCUT2D eigenvalue weighted by Crippen LogP contribution is -2.61. The first-order valence-electron chi connectivity index (χ1n) is 22.6. The highest BCUT2D eigenvalue weighted by Crippen LogP contribution is 2.38. The number of ether oxygens (including phenoxy) is 4. The second kappa shape index (κ2) is 27.6. The van der Waals surface area contributed by atoms with Crippen LogP contribution in [-0.4, -0.2) is 166 Å². The summed E-state index contributed by atoms with van der Waals surface area (Å²) < 4.78 is 23.2. The molecule has 65 heavy (non-hydrogen) atoms. The highest BCUT2D eigenvalue weighted by atomic mass is 16.7. The van der Waals surface area contributed by atoms with E-state index in [1.54, 1.807) is 38.2 Å². The first kappa shape index (κ1) is 56.1. The fraction of sp³-hybridized carbons (Fsp3) is 0.702. The van der Waals surface area contributed by atoms with Crippen molar-refractivity contribution in [3.05, 3.63) is 72.9 Å². The van der Waals surface area contributed by atoms with Gasteiger partial charge in [-0.25, -0.2) is 0 Å². The number of allylic oxidation sites excluding steroid dienone is 10. The van der Waals surface area contributed by atoms with Gasteiger partial charge in [0, 0.05) is 37.5 Å². The Morgan fingerprint density at radius 1 is 0.692 bits per heavy atom. The van der Waals surface area contributed by atoms with Crippen LogP contribution in [0.15, 0.2) is 72.9 Å². The Morgan fingerprint density at radius 3 is 1.97 bits per heavy atom. The molecule has 13 N–H and O–H groups in total. The average molecular weight is 926 g/mol. The molecule has 18 nitrogen and oxygen atoms in total. The molecule has 0 aromatic heterocycles. The topological polar surface area (TPSA) is 320 Å². The van der Waals surface area contributed by atoms with E-state index in [4.69, 9.17) is 24.7 Å². The van der Waals surface area contributed by atoms with Gasteiger partial charge in [-0.15, -0.1) is 0 Å². The monoisotopic (exact) mass is 926 g/mol. The number of nitrogens with two attached hydrogens (primary N) is 1. The van der Waals surface area contributed by atoms with Crippen molar-refractivity contribution in [1.82, 2.24) is 0 Å². The Labute approximate surface area is 381 Å². The third-order valence-electron chi connectivity index (χ3n) is 12.2. The van der Waals surface area contributed by atoms with E-state index in [1.807, 2.05) is 49.5 Å². The lowest BCUT2D eigenvalue weighted by Gasteiger charge is -2.45. The molecular weight excluding hydrogens is 851 g/mol. The molecule has 19 atom stereocenters. The van der Waals surface area contributed by atoms with Crippen LogP contribution in [0.2, 0.25) is 0 Å². The lowest BCUT2D eigenvalue weighted by molar-refractivity contribution is -0.308. The Hall–Kier alpha value is -3.18. The smallest absolute Gasteiger partial charge is 0.311 e. The van der Waals surface area contributed by atoms with E-state index in [2.05, 4.69) is 0 Å². The first-order chi connectivity index (χ1) is 30.6. The number of aliphatic hydroxyl groups is 10. The number of esters is 1. The number of hydrogen-bond donors (Lipinski definition) is 12. The fourth-order valence-electron chi connectivity index (χ4n) is 8.13. The summed E-state index contributed by atoms with van der Waals surface area (Å²) in [5, 5.41) is 118. The zero-order chi connectivity index (χ0) is 48.4. The summed E-state index contributed by atoms with van der Waals surface area (Å²) >= 11 is 0. The van der Waals surface area contributed by atoms with Crippen molar-refractivity contribution in [2.75, 3.05) is 0 Å². The number of aliphatic hydroxyl groups excluding tert-OH is 9. The number of fused-ring (bicyclic) bond motifs is 2. The van der Waals surface area contributed by atoms with Crippen molar-refractivity contribution in [2.24, 2.45) is 23.5 Å². The summed E-state index contributed by atoms with van der Waals surface area (Å²) in [6, 6.07) is -1.14. The Bertz CT molecular complexity index is 1620. The SMILES string of the molecule is CC1OC(O[C@H]2/C=C/C=C/C=C/C=C/CC/C=C/C=C/[C@H](C)[C@@H](O)[C@@H](C)[C@H](C)OC(=O)C[C@H](O)C[C@H](O)CC[C@@H](O)[C@H](O)C[C@H](O)C[C@]3(O)C[C@H](O)[C@@H](C(=O)O)C(C2)O3)C(O)C(N)C1O. The van der Waals surface area contributed by atoms with Gasteiger partial charge in [0.15, 0.2) is 12.1 Å². The standard InChI is InChI=1S/C47H75NO17/c1-27-17-15-13-11-9-7-5-6-8-10-12-14-16-18-34(64-46-44(58)41(48)43(57)30(4)63-46)24-38-40(45(59)60)37(54)26-47(61,65-38)25-33(51)22-36(53)35(52)20-19-31(49)21-32(50)23-39(55)62-29(3)28(2)42(27)56/h5-6,8,10-18,27-38,40-44,46,49-54,56-58,61H,7,9,19-26,48H2,1-4H3,(H,59,60)/b6-5+,10-8+,13-11+,14-12+,17-15+,18-16+/t27-,28-,29-,30?,31+,32+,33-,34-,35+,36+,37-,38?,40+,41?,42+,43?,44?,46?,47+/m0/s1. The quantitative estimate of drug-likeness (QED) is 0.175. The molecule has 0 amide bonds. The summed E-state index contributed by atoms with van der Waals surface area (Å²) in [6.45, 7) is 6.78. The molecule has 6 unspecified atom stereocenters. The molecule has 370 valence electrons. The normalized spacial score (nSPS) is 45.2. The van der Waals surface area contributed by atoms with Gasteiger partial charge in [-0.3, -0.25) is 9.59 Å². The van der Waals surface area contributed by atoms with Crippen LogP contribution < -0.4 is 5.73 Å². The van der Waals surface area contributed by atoms with Gasteiger partial charge in [0.1, 0.15) is 18.1 Å². The molecule has 2 bridgehead atoms. The Morgan fingerprint density at radius 2 is 1.31 bits per heavy atom. The van der Waals surface area contributed by atoms with E-state index >= 15 is 0 Å². The third kappa shape index (κ3) is 18.8. The molecular formula is C47H75NO17. The van der Waals surface area contributed by atoms with E-state index < -0.39 is 147 Å². The Balaban J connectivity index is 1.84. The maximum absolute atomic E-state index is 12.6. The minimum atomic E-state index is -2.32. The summed E-state index contributed by atoms with van der Waals surface area (Å²) in [7, 11) is 0. The van der Waals surface area contributed by atoms with Crippen molar-refractivity contribution in [3.8, 4) is 0 Å². The molecule has 0 saturated carbocycles. The van der Waals surface area contributed by atoms with Gasteiger partial charge in [0.25, 0.3) is 0 Å². The van der Waals surface area contributed by atoms with Crippen molar-refractivity contribution in [2.45, 2.75) is 189 Å². The molecule has 3 heterocycles. The van der Waals surface area contributed by atoms with Gasteiger partial charge in [0.05, 0.1) is 79.6 Å². The maximum Gasteiger partial charge on any atom is 0.311 e. The minimum absolute atomic E-state index is 0.103. The summed E-state index contributed by atoms with van der Waals surface area (Å²) in [6.07, 6.45) is 2.26. The van der Waals surface area contributed by atoms with Crippen LogP contribution in [0.3, 0.4) is 0 Å². The predicted octanol–water partition coefficient (Wildman–Crippen LogP) is 0.936. The van der Waals surface area contributed by atoms with Crippen LogP contribution in [0.1, 0.15) is 91.9 Å². The van der Waals surface area contributed by atoms with Gasteiger partial charge in [-0.1, -0.05) is 86.8 Å². The molecule has 0 aliphatic carbocycles. The van der Waals surface area contributed by atoms with Crippen LogP contribution in [-0.2, 0) is 28.5 Å². The number of carboxylic acid groups (broad SMARTS) is 1. The van der Waals surface area contributed by atoms with E-state index in [0.717, 1.165) is 12.8 Å². The van der Waals surface area contributed by atoms with Crippen LogP contribution in [0.5, 0.6) is 0 Å². The predicted molar refractivity (Wildman–Crippen MR) is 237 cm³/mol. The lowest BCUT2D eigenvalue weighted by atomic mass is 9.82. The number of aliphatic carboxylic acids is 1. The van der Waals surface area contributed by atoms with E-state index in [-0.39, 0.29) is 31.6 Å². The van der Waals surface area contributed by atoms with E-state index in [9.17, 15) is 65.8 Å². The summed E-state index contributed by atoms with van der Waals surface area (Å²) in [5.41, 5.74) is 6.02. The number of carboxylic acids is 1. The van der Waals surface area contributed by atoms with Gasteiger partial charge >= 0.3 is 11.9 Å². The molecule has 3 aliphatic heterocycles. The molecule has 0 aromatic rings. The minimum Gasteiger partial charge on any atom is -0.481 e. The molecule has 0 radical (unpaired) electrons. The fourth-order valence-corrected chi connectivity index (χ4v) is 8.13. The summed E-state index contributed by atoms with van der Waals surface area (Å²) in [5.74, 6) is -6.77. The van der Waals surface area contributed by atoms with Crippen LogP contribution in [0, 0.1) is 17.8 Å². The van der Waals surface area contributed by atoms with Crippen LogP contribution in [0.4, 0.5) is 0 Å². The zero-order valence-corrected chi connectivity index (χ0v) is 37.8. The third-order valence-corrected chi connectivity index (χ3v) is 12.2. The molecule has 3 rings (SSSR count). The highest BCUT2D eigenvalue weighted by Gasteiger charge is 2.51. The molecule has 0 spiro atoms. The molecule has 2 saturated heterocycles.